The highest BCUT2D eigenvalue weighted by molar-refractivity contribution is 5.88. The number of unbranched alkanes of at least 4 members (excludes halogenated alkanes) is 16. The van der Waals surface area contributed by atoms with Crippen LogP contribution in [0.15, 0.2) is 51.9 Å². The third kappa shape index (κ3) is 13.0. The van der Waals surface area contributed by atoms with Crippen molar-refractivity contribution in [2.75, 3.05) is 0 Å². The molecule has 3 aromatic rings. The number of rotatable bonds is 23. The molecule has 46 heavy (non-hydrogen) atoms. The van der Waals surface area contributed by atoms with Crippen molar-refractivity contribution in [2.45, 2.75) is 142 Å². The van der Waals surface area contributed by atoms with E-state index in [1.807, 2.05) is 0 Å². The van der Waals surface area contributed by atoms with E-state index >= 15 is 0 Å². The number of carbonyl (C=O) groups excluding carboxylic acids is 2. The molecule has 0 saturated heterocycles. The van der Waals surface area contributed by atoms with E-state index in [1.54, 1.807) is 24.3 Å². The lowest BCUT2D eigenvalue weighted by Gasteiger charge is -2.09. The third-order valence-electron chi connectivity index (χ3n) is 8.43. The molecule has 0 spiro atoms. The molecule has 0 fully saturated rings. The first-order chi connectivity index (χ1) is 22.4. The molecule has 7 heteroatoms. The van der Waals surface area contributed by atoms with Crippen molar-refractivity contribution in [1.29, 1.82) is 0 Å². The smallest absolute Gasteiger partial charge is 0.311 e. The van der Waals surface area contributed by atoms with Crippen LogP contribution in [-0.4, -0.2) is 17.0 Å². The Morgan fingerprint density at radius 1 is 0.630 bits per heavy atom. The lowest BCUT2D eigenvalue weighted by Crippen LogP contribution is -2.09. The summed E-state index contributed by atoms with van der Waals surface area (Å²) >= 11 is 0. The highest BCUT2D eigenvalue weighted by Gasteiger charge is 2.16. The van der Waals surface area contributed by atoms with Gasteiger partial charge in [0.2, 0.25) is 5.43 Å². The van der Waals surface area contributed by atoms with Crippen molar-refractivity contribution in [1.82, 2.24) is 0 Å². The number of hydrogen-bond donors (Lipinski definition) is 1. The van der Waals surface area contributed by atoms with E-state index in [0.29, 0.717) is 24.2 Å². The quantitative estimate of drug-likeness (QED) is 0.0629. The molecule has 2 aromatic carbocycles. The molecule has 0 radical (unpaired) electrons. The zero-order valence-corrected chi connectivity index (χ0v) is 28.1. The minimum atomic E-state index is -0.415. The summed E-state index contributed by atoms with van der Waals surface area (Å²) in [5.41, 5.74) is 0.527. The van der Waals surface area contributed by atoms with Crippen LogP contribution < -0.4 is 14.9 Å². The maximum absolute atomic E-state index is 13.3. The minimum Gasteiger partial charge on any atom is -0.507 e. The molecule has 0 aliphatic rings. The van der Waals surface area contributed by atoms with Gasteiger partial charge in [0.1, 0.15) is 34.5 Å². The zero-order chi connectivity index (χ0) is 33.0. The van der Waals surface area contributed by atoms with Gasteiger partial charge in [-0.25, -0.2) is 0 Å². The summed E-state index contributed by atoms with van der Waals surface area (Å²) in [6, 6.07) is 9.36. The lowest BCUT2D eigenvalue weighted by atomic mass is 10.0. The molecule has 0 aliphatic carbocycles. The van der Waals surface area contributed by atoms with Crippen LogP contribution in [0.4, 0.5) is 0 Å². The van der Waals surface area contributed by atoms with Gasteiger partial charge in [0.15, 0.2) is 0 Å². The average Bonchev–Trinajstić information content (AvgIpc) is 3.03. The van der Waals surface area contributed by atoms with Crippen LogP contribution in [0.5, 0.6) is 17.2 Å². The van der Waals surface area contributed by atoms with Gasteiger partial charge in [0.25, 0.3) is 0 Å². The van der Waals surface area contributed by atoms with Gasteiger partial charge in [0, 0.05) is 25.0 Å². The second kappa shape index (κ2) is 21.2. The summed E-state index contributed by atoms with van der Waals surface area (Å²) in [7, 11) is 0. The van der Waals surface area contributed by atoms with Crippen LogP contribution in [0.25, 0.3) is 22.1 Å². The van der Waals surface area contributed by atoms with Gasteiger partial charge >= 0.3 is 11.9 Å². The molecule has 3 rings (SSSR count). The summed E-state index contributed by atoms with van der Waals surface area (Å²) in [5.74, 6) is -0.423. The number of fused-ring (bicyclic) bond motifs is 1. The molecular weight excluding hydrogens is 580 g/mol. The topological polar surface area (TPSA) is 103 Å². The molecule has 0 saturated carbocycles. The number of phenols is 1. The Morgan fingerprint density at radius 2 is 1.09 bits per heavy atom. The van der Waals surface area contributed by atoms with Crippen LogP contribution in [0.3, 0.4) is 0 Å². The van der Waals surface area contributed by atoms with Gasteiger partial charge in [-0.05, 0) is 30.5 Å². The number of hydrogen-bond acceptors (Lipinski definition) is 7. The van der Waals surface area contributed by atoms with E-state index in [9.17, 15) is 19.5 Å². The second-order valence-corrected chi connectivity index (χ2v) is 12.4. The first-order valence-electron chi connectivity index (χ1n) is 17.7. The van der Waals surface area contributed by atoms with Crippen LogP contribution in [0.2, 0.25) is 0 Å². The Balaban J connectivity index is 1.46. The molecule has 0 bridgehead atoms. The molecule has 0 atom stereocenters. The van der Waals surface area contributed by atoms with E-state index in [-0.39, 0.29) is 40.0 Å². The normalized spacial score (nSPS) is 11.2. The molecule has 1 N–H and O–H groups in total. The Kier molecular flexibility index (Phi) is 17.0. The summed E-state index contributed by atoms with van der Waals surface area (Å²) < 4.78 is 16.6. The predicted molar refractivity (Wildman–Crippen MR) is 185 cm³/mol. The maximum atomic E-state index is 13.3. The van der Waals surface area contributed by atoms with Crippen molar-refractivity contribution in [3.05, 3.63) is 52.9 Å². The number of aromatic hydroxyl groups is 1. The molecule has 0 unspecified atom stereocenters. The average molecular weight is 635 g/mol. The first kappa shape index (κ1) is 36.9. The number of carbonyl (C=O) groups is 2. The van der Waals surface area contributed by atoms with Crippen molar-refractivity contribution < 1.29 is 28.6 Å². The molecular formula is C39H54O7. The number of benzene rings is 2. The van der Waals surface area contributed by atoms with E-state index in [0.717, 1.165) is 38.5 Å². The summed E-state index contributed by atoms with van der Waals surface area (Å²) in [5, 5.41) is 10.7. The molecule has 0 amide bonds. The Labute approximate surface area is 274 Å². The zero-order valence-electron chi connectivity index (χ0n) is 28.1. The van der Waals surface area contributed by atoms with Gasteiger partial charge in [-0.3, -0.25) is 14.4 Å². The largest absolute Gasteiger partial charge is 0.507 e. The Morgan fingerprint density at radius 3 is 1.59 bits per heavy atom. The van der Waals surface area contributed by atoms with Crippen molar-refractivity contribution in [3.8, 4) is 28.4 Å². The fraction of sp³-hybridized carbons (Fsp3) is 0.564. The van der Waals surface area contributed by atoms with Crippen LogP contribution >= 0.6 is 0 Å². The monoisotopic (exact) mass is 634 g/mol. The van der Waals surface area contributed by atoms with Gasteiger partial charge in [-0.1, -0.05) is 129 Å². The van der Waals surface area contributed by atoms with Crippen molar-refractivity contribution >= 4 is 22.9 Å². The van der Waals surface area contributed by atoms with Crippen molar-refractivity contribution in [3.63, 3.8) is 0 Å². The van der Waals surface area contributed by atoms with Crippen LogP contribution in [0.1, 0.15) is 142 Å². The van der Waals surface area contributed by atoms with E-state index in [2.05, 4.69) is 13.8 Å². The molecule has 1 heterocycles. The summed E-state index contributed by atoms with van der Waals surface area (Å²) in [6.07, 6.45) is 23.0. The van der Waals surface area contributed by atoms with Gasteiger partial charge in [-0.2, -0.15) is 0 Å². The lowest BCUT2D eigenvalue weighted by molar-refractivity contribution is -0.135. The van der Waals surface area contributed by atoms with E-state index in [4.69, 9.17) is 13.9 Å². The Bertz CT molecular complexity index is 1390. The molecule has 1 aromatic heterocycles. The molecule has 7 nitrogen and oxygen atoms in total. The summed E-state index contributed by atoms with van der Waals surface area (Å²) in [4.78, 5) is 37.9. The third-order valence-corrected chi connectivity index (χ3v) is 8.43. The minimum absolute atomic E-state index is 0.00713. The van der Waals surface area contributed by atoms with Gasteiger partial charge < -0.3 is 19.0 Å². The van der Waals surface area contributed by atoms with Gasteiger partial charge in [0.05, 0.1) is 5.56 Å². The van der Waals surface area contributed by atoms with Crippen LogP contribution in [-0.2, 0) is 9.59 Å². The standard InChI is InChI=1S/C39H54O7/c1-3-5-7-9-11-13-15-17-19-21-36(41)45-31-25-23-30(24-26-31)33-29-44-35-28-32(27-34(40)38(35)39(33)43)46-37(42)22-20-18-16-14-12-10-8-6-4-2/h23-29,40H,3-22H2,1-2H3. The number of ether oxygens (including phenoxy) is 2. The van der Waals surface area contributed by atoms with E-state index < -0.39 is 5.43 Å². The second-order valence-electron chi connectivity index (χ2n) is 12.4. The van der Waals surface area contributed by atoms with E-state index in [1.165, 1.54) is 95.4 Å². The fourth-order valence-electron chi connectivity index (χ4n) is 5.69. The van der Waals surface area contributed by atoms with Crippen LogP contribution in [0, 0.1) is 0 Å². The maximum Gasteiger partial charge on any atom is 0.311 e. The molecule has 0 aliphatic heterocycles. The molecule has 252 valence electrons. The predicted octanol–water partition coefficient (Wildman–Crippen LogP) is 10.8. The number of phenolic OH excluding ortho intramolecular Hbond substituents is 1. The fourth-order valence-corrected chi connectivity index (χ4v) is 5.69. The highest BCUT2D eigenvalue weighted by Crippen LogP contribution is 2.31. The SMILES string of the molecule is CCCCCCCCCCCC(=O)Oc1ccc(-c2coc3cc(OC(=O)CCCCCCCCCCC)cc(O)c3c2=O)cc1. The number of esters is 2. The Hall–Kier alpha value is -3.61. The summed E-state index contributed by atoms with van der Waals surface area (Å²) in [6.45, 7) is 4.44. The highest BCUT2D eigenvalue weighted by atomic mass is 16.5. The first-order valence-corrected chi connectivity index (χ1v) is 17.7. The van der Waals surface area contributed by atoms with Gasteiger partial charge in [-0.15, -0.1) is 0 Å². The van der Waals surface area contributed by atoms with Crippen molar-refractivity contribution in [2.24, 2.45) is 0 Å².